The molecule has 0 aromatic carbocycles. The first kappa shape index (κ1) is 14.9. The highest BCUT2D eigenvalue weighted by Gasteiger charge is 2.30. The lowest BCUT2D eigenvalue weighted by Crippen LogP contribution is -2.49. The van der Waals surface area contributed by atoms with Gasteiger partial charge in [-0.1, -0.05) is 13.8 Å². The summed E-state index contributed by atoms with van der Waals surface area (Å²) in [5, 5.41) is 8.19. The van der Waals surface area contributed by atoms with Crippen molar-refractivity contribution in [3.05, 3.63) is 23.0 Å². The van der Waals surface area contributed by atoms with Gasteiger partial charge in [-0.3, -0.25) is 4.79 Å². The van der Waals surface area contributed by atoms with Crippen LogP contribution < -0.4 is 5.73 Å². The summed E-state index contributed by atoms with van der Waals surface area (Å²) in [7, 11) is 0. The lowest BCUT2D eigenvalue weighted by atomic mass is 9.91. The number of nitrogens with two attached hydrogens (primary N) is 1. The molecule has 2 atom stereocenters. The molecular formula is C15H24N4O. The fourth-order valence-corrected chi connectivity index (χ4v) is 2.86. The summed E-state index contributed by atoms with van der Waals surface area (Å²) in [6, 6.07) is 1.99. The molecule has 5 heteroatoms. The molecule has 1 fully saturated rings. The Kier molecular flexibility index (Phi) is 4.70. The molecule has 0 spiro atoms. The average molecular weight is 276 g/mol. The quantitative estimate of drug-likeness (QED) is 0.909. The van der Waals surface area contributed by atoms with Gasteiger partial charge in [0.05, 0.1) is 17.0 Å². The van der Waals surface area contributed by atoms with Crippen LogP contribution in [0.1, 0.15) is 48.4 Å². The van der Waals surface area contributed by atoms with Gasteiger partial charge in [-0.2, -0.15) is 10.2 Å². The van der Waals surface area contributed by atoms with Crippen molar-refractivity contribution in [1.29, 1.82) is 0 Å². The van der Waals surface area contributed by atoms with Crippen molar-refractivity contribution in [1.82, 2.24) is 15.1 Å². The summed E-state index contributed by atoms with van der Waals surface area (Å²) >= 11 is 0. The Morgan fingerprint density at radius 2 is 2.25 bits per heavy atom. The number of aromatic nitrogens is 2. The van der Waals surface area contributed by atoms with Gasteiger partial charge < -0.3 is 10.6 Å². The Bertz CT molecular complexity index is 489. The zero-order chi connectivity index (χ0) is 14.7. The first-order valence-electron chi connectivity index (χ1n) is 7.41. The average Bonchev–Trinajstić information content (AvgIpc) is 2.46. The molecule has 0 radical (unpaired) electrons. The molecule has 1 aromatic heterocycles. The molecule has 0 saturated carbocycles. The second-order valence-corrected chi connectivity index (χ2v) is 5.72. The van der Waals surface area contributed by atoms with Crippen LogP contribution in [0, 0.1) is 12.8 Å². The van der Waals surface area contributed by atoms with Crippen LogP contribution in [0.2, 0.25) is 0 Å². The Balaban J connectivity index is 2.28. The van der Waals surface area contributed by atoms with E-state index in [2.05, 4.69) is 17.1 Å². The fourth-order valence-electron chi connectivity index (χ4n) is 2.86. The van der Waals surface area contributed by atoms with Crippen molar-refractivity contribution in [2.75, 3.05) is 13.1 Å². The van der Waals surface area contributed by atoms with Crippen LogP contribution in [0.4, 0.5) is 0 Å². The number of carbonyl (C=O) groups excluding carboxylic acids is 1. The highest BCUT2D eigenvalue weighted by molar-refractivity contribution is 5.95. The number of amides is 1. The molecule has 2 unspecified atom stereocenters. The molecule has 5 nitrogen and oxygen atoms in total. The standard InChI is InChI=1S/C15H24N4O/c1-4-14-13(8-11(3)17-18-14)15(20)19-6-5-10(2)7-12(19)9-16/h8,10,12H,4-7,9,16H2,1-3H3. The number of nitrogens with zero attached hydrogens (tertiary/aromatic N) is 3. The van der Waals surface area contributed by atoms with Gasteiger partial charge in [0, 0.05) is 19.1 Å². The van der Waals surface area contributed by atoms with Crippen molar-refractivity contribution < 1.29 is 4.79 Å². The number of hydrogen-bond donors (Lipinski definition) is 1. The number of piperidine rings is 1. The van der Waals surface area contributed by atoms with Crippen LogP contribution >= 0.6 is 0 Å². The van der Waals surface area contributed by atoms with E-state index in [-0.39, 0.29) is 11.9 Å². The van der Waals surface area contributed by atoms with E-state index in [0.717, 1.165) is 30.8 Å². The van der Waals surface area contributed by atoms with Gasteiger partial charge in [-0.25, -0.2) is 0 Å². The molecule has 20 heavy (non-hydrogen) atoms. The van der Waals surface area contributed by atoms with E-state index in [4.69, 9.17) is 5.73 Å². The third kappa shape index (κ3) is 2.98. The molecule has 1 amide bonds. The largest absolute Gasteiger partial charge is 0.334 e. The minimum Gasteiger partial charge on any atom is -0.334 e. The third-order valence-electron chi connectivity index (χ3n) is 4.07. The maximum absolute atomic E-state index is 12.8. The zero-order valence-corrected chi connectivity index (χ0v) is 12.6. The predicted octanol–water partition coefficient (Wildman–Crippen LogP) is 1.55. The van der Waals surface area contributed by atoms with Gasteiger partial charge >= 0.3 is 0 Å². The molecule has 110 valence electrons. The minimum absolute atomic E-state index is 0.0576. The lowest BCUT2D eigenvalue weighted by molar-refractivity contribution is 0.0571. The van der Waals surface area contributed by atoms with Gasteiger partial charge in [0.2, 0.25) is 0 Å². The molecule has 2 heterocycles. The Hall–Kier alpha value is -1.49. The third-order valence-corrected chi connectivity index (χ3v) is 4.07. The summed E-state index contributed by atoms with van der Waals surface area (Å²) in [5.74, 6) is 0.692. The van der Waals surface area contributed by atoms with Crippen LogP contribution in [0.3, 0.4) is 0 Å². The maximum Gasteiger partial charge on any atom is 0.256 e. The van der Waals surface area contributed by atoms with E-state index in [0.29, 0.717) is 24.4 Å². The topological polar surface area (TPSA) is 72.1 Å². The number of rotatable bonds is 3. The normalized spacial score (nSPS) is 22.9. The minimum atomic E-state index is 0.0576. The highest BCUT2D eigenvalue weighted by Crippen LogP contribution is 2.24. The van der Waals surface area contributed by atoms with E-state index in [1.165, 1.54) is 0 Å². The van der Waals surface area contributed by atoms with Crippen LogP contribution in [0.15, 0.2) is 6.07 Å². The van der Waals surface area contributed by atoms with Gasteiger partial charge in [-0.05, 0) is 38.2 Å². The number of aryl methyl sites for hydroxylation is 2. The highest BCUT2D eigenvalue weighted by atomic mass is 16.2. The van der Waals surface area contributed by atoms with Crippen LogP contribution in [0.25, 0.3) is 0 Å². The van der Waals surface area contributed by atoms with Crippen LogP contribution in [-0.4, -0.2) is 40.1 Å². The smallest absolute Gasteiger partial charge is 0.256 e. The van der Waals surface area contributed by atoms with Gasteiger partial charge in [-0.15, -0.1) is 0 Å². The molecule has 1 aliphatic rings. The first-order chi connectivity index (χ1) is 9.56. The molecular weight excluding hydrogens is 252 g/mol. The lowest BCUT2D eigenvalue weighted by Gasteiger charge is -2.38. The van der Waals surface area contributed by atoms with Crippen LogP contribution in [-0.2, 0) is 6.42 Å². The maximum atomic E-state index is 12.8. The monoisotopic (exact) mass is 276 g/mol. The summed E-state index contributed by atoms with van der Waals surface area (Å²) < 4.78 is 0. The first-order valence-corrected chi connectivity index (χ1v) is 7.41. The zero-order valence-electron chi connectivity index (χ0n) is 12.6. The molecule has 1 aromatic rings. The second-order valence-electron chi connectivity index (χ2n) is 5.72. The van der Waals surface area contributed by atoms with Gasteiger partial charge in [0.25, 0.3) is 5.91 Å². The predicted molar refractivity (Wildman–Crippen MR) is 78.4 cm³/mol. The van der Waals surface area contributed by atoms with Crippen molar-refractivity contribution in [3.63, 3.8) is 0 Å². The van der Waals surface area contributed by atoms with Crippen molar-refractivity contribution in [2.45, 2.75) is 46.1 Å². The summed E-state index contributed by atoms with van der Waals surface area (Å²) in [4.78, 5) is 14.7. The van der Waals surface area contributed by atoms with E-state index in [1.54, 1.807) is 0 Å². The van der Waals surface area contributed by atoms with Crippen LogP contribution in [0.5, 0.6) is 0 Å². The Labute approximate surface area is 120 Å². The number of likely N-dealkylation sites (tertiary alicyclic amines) is 1. The molecule has 0 bridgehead atoms. The summed E-state index contributed by atoms with van der Waals surface area (Å²) in [6.07, 6.45) is 2.74. The molecule has 2 N–H and O–H groups in total. The van der Waals surface area contributed by atoms with E-state index in [1.807, 2.05) is 24.8 Å². The number of hydrogen-bond acceptors (Lipinski definition) is 4. The van der Waals surface area contributed by atoms with Crippen molar-refractivity contribution >= 4 is 5.91 Å². The molecule has 1 saturated heterocycles. The second kappa shape index (κ2) is 6.31. The number of carbonyl (C=O) groups is 1. The van der Waals surface area contributed by atoms with E-state index in [9.17, 15) is 4.79 Å². The van der Waals surface area contributed by atoms with E-state index < -0.39 is 0 Å². The summed E-state index contributed by atoms with van der Waals surface area (Å²) in [6.45, 7) is 7.39. The molecule has 2 rings (SSSR count). The van der Waals surface area contributed by atoms with Gasteiger partial charge in [0.1, 0.15) is 0 Å². The molecule has 1 aliphatic heterocycles. The van der Waals surface area contributed by atoms with Crippen molar-refractivity contribution in [3.8, 4) is 0 Å². The van der Waals surface area contributed by atoms with E-state index >= 15 is 0 Å². The Morgan fingerprint density at radius 3 is 2.90 bits per heavy atom. The SMILES string of the molecule is CCc1nnc(C)cc1C(=O)N1CCC(C)CC1CN. The Morgan fingerprint density at radius 1 is 1.50 bits per heavy atom. The van der Waals surface area contributed by atoms with Crippen molar-refractivity contribution in [2.24, 2.45) is 11.7 Å². The fraction of sp³-hybridized carbons (Fsp3) is 0.667. The summed E-state index contributed by atoms with van der Waals surface area (Å²) in [5.41, 5.74) is 8.09. The van der Waals surface area contributed by atoms with Gasteiger partial charge in [0.15, 0.2) is 0 Å². The molecule has 0 aliphatic carbocycles.